The predicted molar refractivity (Wildman–Crippen MR) is 104 cm³/mol. The summed E-state index contributed by atoms with van der Waals surface area (Å²) >= 11 is 0. The molecule has 6 heteroatoms. The molecule has 1 saturated carbocycles. The van der Waals surface area contributed by atoms with Gasteiger partial charge in [-0.3, -0.25) is 4.79 Å². The minimum Gasteiger partial charge on any atom is -0.337 e. The molecule has 1 aromatic carbocycles. The molecule has 0 spiro atoms. The molecule has 2 fully saturated rings. The van der Waals surface area contributed by atoms with Crippen molar-refractivity contribution in [3.8, 4) is 0 Å². The first-order valence-corrected chi connectivity index (χ1v) is 10.2. The number of nitrogens with zero attached hydrogens (tertiary/aromatic N) is 4. The summed E-state index contributed by atoms with van der Waals surface area (Å²) in [5, 5.41) is 12.1. The molecule has 2 aliphatic rings. The highest BCUT2D eigenvalue weighted by Gasteiger charge is 2.26. The van der Waals surface area contributed by atoms with Crippen LogP contribution in [0.15, 0.2) is 36.7 Å². The monoisotopic (exact) mass is 367 g/mol. The highest BCUT2D eigenvalue weighted by Crippen LogP contribution is 2.28. The summed E-state index contributed by atoms with van der Waals surface area (Å²) < 4.78 is 2.27. The average Bonchev–Trinajstić information content (AvgIpc) is 3.19. The Kier molecular flexibility index (Phi) is 5.82. The summed E-state index contributed by atoms with van der Waals surface area (Å²) in [5.41, 5.74) is 1.18. The van der Waals surface area contributed by atoms with Gasteiger partial charge in [-0.05, 0) is 24.8 Å². The third-order valence-electron chi connectivity index (χ3n) is 5.88. The van der Waals surface area contributed by atoms with Crippen molar-refractivity contribution >= 4 is 5.91 Å². The first-order valence-electron chi connectivity index (χ1n) is 10.2. The Labute approximate surface area is 161 Å². The zero-order valence-electron chi connectivity index (χ0n) is 15.9. The van der Waals surface area contributed by atoms with E-state index in [0.717, 1.165) is 18.8 Å². The van der Waals surface area contributed by atoms with E-state index in [1.165, 1.54) is 37.7 Å². The molecule has 6 nitrogen and oxygen atoms in total. The van der Waals surface area contributed by atoms with E-state index in [1.807, 2.05) is 29.4 Å². The lowest BCUT2D eigenvalue weighted by Gasteiger charge is -2.33. The average molecular weight is 367 g/mol. The van der Waals surface area contributed by atoms with Crippen LogP contribution in [0.2, 0.25) is 0 Å². The summed E-state index contributed by atoms with van der Waals surface area (Å²) in [6.45, 7) is 2.16. The number of rotatable bonds is 6. The third-order valence-corrected chi connectivity index (χ3v) is 5.88. The third kappa shape index (κ3) is 4.56. The Morgan fingerprint density at radius 1 is 1.07 bits per heavy atom. The van der Waals surface area contributed by atoms with Crippen molar-refractivity contribution in [2.45, 2.75) is 70.1 Å². The van der Waals surface area contributed by atoms with Gasteiger partial charge in [-0.2, -0.15) is 0 Å². The maximum atomic E-state index is 12.3. The van der Waals surface area contributed by atoms with Crippen molar-refractivity contribution in [1.29, 1.82) is 0 Å². The maximum absolute atomic E-state index is 12.3. The van der Waals surface area contributed by atoms with Crippen LogP contribution in [0.25, 0.3) is 0 Å². The fourth-order valence-corrected chi connectivity index (χ4v) is 4.33. The molecule has 4 rings (SSSR count). The molecule has 0 bridgehead atoms. The van der Waals surface area contributed by atoms with Crippen LogP contribution in [-0.4, -0.2) is 38.2 Å². The van der Waals surface area contributed by atoms with Gasteiger partial charge in [-0.15, -0.1) is 10.2 Å². The van der Waals surface area contributed by atoms with Crippen LogP contribution >= 0.6 is 0 Å². The Hall–Kier alpha value is -2.21. The van der Waals surface area contributed by atoms with Gasteiger partial charge in [-0.1, -0.05) is 49.6 Å². The number of benzene rings is 1. The molecule has 0 radical (unpaired) electrons. The number of carbonyl (C=O) groups is 1. The highest BCUT2D eigenvalue weighted by atomic mass is 16.2. The number of piperidine rings is 1. The fourth-order valence-electron chi connectivity index (χ4n) is 4.33. The summed E-state index contributed by atoms with van der Waals surface area (Å²) in [6.07, 6.45) is 9.80. The zero-order chi connectivity index (χ0) is 18.5. The number of carbonyl (C=O) groups excluding carboxylic acids is 1. The molecule has 1 N–H and O–H groups in total. The number of hydrogen-bond donors (Lipinski definition) is 1. The molecule has 1 aliphatic heterocycles. The van der Waals surface area contributed by atoms with E-state index in [-0.39, 0.29) is 5.91 Å². The molecular formula is C21H29N5O. The van der Waals surface area contributed by atoms with Crippen molar-refractivity contribution in [2.24, 2.45) is 0 Å². The summed E-state index contributed by atoms with van der Waals surface area (Å²) in [4.78, 5) is 14.3. The second-order valence-electron chi connectivity index (χ2n) is 7.82. The van der Waals surface area contributed by atoms with Crippen LogP contribution in [-0.2, 0) is 17.9 Å². The smallest absolute Gasteiger partial charge is 0.222 e. The van der Waals surface area contributed by atoms with E-state index in [4.69, 9.17) is 0 Å². The maximum Gasteiger partial charge on any atom is 0.222 e. The molecule has 1 unspecified atom stereocenters. The summed E-state index contributed by atoms with van der Waals surface area (Å²) in [7, 11) is 0. The van der Waals surface area contributed by atoms with Crippen LogP contribution in [0, 0.1) is 0 Å². The fraction of sp³-hybridized carbons (Fsp3) is 0.571. The minimum atomic E-state index is 0.252. The van der Waals surface area contributed by atoms with Crippen molar-refractivity contribution < 1.29 is 4.79 Å². The lowest BCUT2D eigenvalue weighted by Crippen LogP contribution is -2.48. The van der Waals surface area contributed by atoms with Gasteiger partial charge in [0.05, 0.1) is 6.54 Å². The van der Waals surface area contributed by atoms with E-state index in [0.29, 0.717) is 31.6 Å². The zero-order valence-corrected chi connectivity index (χ0v) is 15.9. The molecule has 1 atom stereocenters. The van der Waals surface area contributed by atoms with Crippen molar-refractivity contribution in [3.63, 3.8) is 0 Å². The van der Waals surface area contributed by atoms with Gasteiger partial charge >= 0.3 is 0 Å². The van der Waals surface area contributed by atoms with E-state index in [2.05, 4.69) is 32.2 Å². The number of likely N-dealkylation sites (tertiary alicyclic amines) is 1. The number of nitrogens with one attached hydrogen (secondary N) is 1. The lowest BCUT2D eigenvalue weighted by atomic mass is 9.95. The summed E-state index contributed by atoms with van der Waals surface area (Å²) in [5.74, 6) is 1.27. The van der Waals surface area contributed by atoms with E-state index in [9.17, 15) is 4.79 Å². The van der Waals surface area contributed by atoms with Crippen LogP contribution in [0.5, 0.6) is 0 Å². The molecule has 144 valence electrons. The standard InChI is InChI=1S/C21H29N5O/c27-21-12-11-18(15-25(21)14-17-7-3-1-4-8-17)22-13-20-24-23-16-26(20)19-9-5-2-6-10-19/h1,3-4,7-8,16,18-19,22H,2,5-6,9-15H2. The highest BCUT2D eigenvalue weighted by molar-refractivity contribution is 5.77. The minimum absolute atomic E-state index is 0.252. The van der Waals surface area contributed by atoms with Gasteiger partial charge in [0.2, 0.25) is 5.91 Å². The molecule has 27 heavy (non-hydrogen) atoms. The first kappa shape index (κ1) is 18.2. The number of hydrogen-bond acceptors (Lipinski definition) is 4. The molecular weight excluding hydrogens is 338 g/mol. The number of aromatic nitrogens is 3. The Bertz CT molecular complexity index is 738. The summed E-state index contributed by atoms with van der Waals surface area (Å²) in [6, 6.07) is 11.1. The SMILES string of the molecule is O=C1CCC(NCc2nncn2C2CCCCC2)CN1Cc1ccccc1. The second-order valence-corrected chi connectivity index (χ2v) is 7.82. The predicted octanol–water partition coefficient (Wildman–Crippen LogP) is 3.06. The van der Waals surface area contributed by atoms with E-state index in [1.54, 1.807) is 0 Å². The molecule has 1 amide bonds. The van der Waals surface area contributed by atoms with E-state index >= 15 is 0 Å². The number of amides is 1. The van der Waals surface area contributed by atoms with Gasteiger partial charge in [0.25, 0.3) is 0 Å². The van der Waals surface area contributed by atoms with Crippen LogP contribution in [0.1, 0.15) is 62.4 Å². The first-order chi connectivity index (χ1) is 13.3. The van der Waals surface area contributed by atoms with E-state index < -0.39 is 0 Å². The Balaban J connectivity index is 1.33. The van der Waals surface area contributed by atoms with Gasteiger partial charge in [-0.25, -0.2) is 0 Å². The van der Waals surface area contributed by atoms with Crippen molar-refractivity contribution in [1.82, 2.24) is 25.0 Å². The van der Waals surface area contributed by atoms with Crippen LogP contribution < -0.4 is 5.32 Å². The van der Waals surface area contributed by atoms with Crippen LogP contribution in [0.3, 0.4) is 0 Å². The van der Waals surface area contributed by atoms with Gasteiger partial charge < -0.3 is 14.8 Å². The Morgan fingerprint density at radius 2 is 1.89 bits per heavy atom. The topological polar surface area (TPSA) is 63.1 Å². The second kappa shape index (κ2) is 8.65. The largest absolute Gasteiger partial charge is 0.337 e. The molecule has 1 aromatic heterocycles. The van der Waals surface area contributed by atoms with Gasteiger partial charge in [0.15, 0.2) is 0 Å². The Morgan fingerprint density at radius 3 is 2.70 bits per heavy atom. The van der Waals surface area contributed by atoms with Crippen LogP contribution in [0.4, 0.5) is 0 Å². The lowest BCUT2D eigenvalue weighted by molar-refractivity contribution is -0.134. The van der Waals surface area contributed by atoms with Gasteiger partial charge in [0, 0.05) is 31.6 Å². The quantitative estimate of drug-likeness (QED) is 0.852. The molecule has 2 aromatic rings. The molecule has 1 saturated heterocycles. The van der Waals surface area contributed by atoms with Crippen molar-refractivity contribution in [2.75, 3.05) is 6.54 Å². The normalized spacial score (nSPS) is 21.6. The molecule has 1 aliphatic carbocycles. The van der Waals surface area contributed by atoms with Crippen molar-refractivity contribution in [3.05, 3.63) is 48.0 Å². The molecule has 2 heterocycles. The van der Waals surface area contributed by atoms with Gasteiger partial charge in [0.1, 0.15) is 12.2 Å².